The van der Waals surface area contributed by atoms with E-state index >= 15 is 0 Å². The molecule has 13 nitrogen and oxygen atoms in total. The van der Waals surface area contributed by atoms with Crippen molar-refractivity contribution < 1.29 is 19.4 Å². The normalized spacial score (nSPS) is 19.6. The molecule has 3 aliphatic rings. The Labute approximate surface area is 346 Å². The highest BCUT2D eigenvalue weighted by atomic mass is 32.1. The van der Waals surface area contributed by atoms with Gasteiger partial charge in [0.2, 0.25) is 5.91 Å². The minimum absolute atomic E-state index is 0.0377. The Morgan fingerprint density at radius 3 is 2.36 bits per heavy atom. The number of nitrogens with zero attached hydrogens (tertiary/aromatic N) is 8. The van der Waals surface area contributed by atoms with Gasteiger partial charge in [0.1, 0.15) is 16.2 Å². The first-order valence-electron chi connectivity index (χ1n) is 20.4. The number of piperidine rings is 2. The van der Waals surface area contributed by atoms with E-state index in [-0.39, 0.29) is 35.8 Å². The third kappa shape index (κ3) is 7.79. The fraction of sp³-hybridized carbons (Fsp3) is 0.378. The molecular formula is C45H48N8O5S. The highest BCUT2D eigenvalue weighted by Crippen LogP contribution is 2.37. The Balaban J connectivity index is 0.860. The topological polar surface area (TPSA) is 139 Å². The molecule has 0 aliphatic carbocycles. The van der Waals surface area contributed by atoms with Crippen molar-refractivity contribution in [2.75, 3.05) is 57.4 Å². The Hall–Kier alpha value is -5.70. The minimum atomic E-state index is -1.18. The Bertz CT molecular complexity index is 2520. The van der Waals surface area contributed by atoms with Crippen molar-refractivity contribution in [2.45, 2.75) is 51.2 Å². The van der Waals surface area contributed by atoms with Gasteiger partial charge >= 0.3 is 0 Å². The van der Waals surface area contributed by atoms with Gasteiger partial charge in [-0.15, -0.1) is 11.3 Å². The van der Waals surface area contributed by atoms with Gasteiger partial charge in [-0.2, -0.15) is 0 Å². The fourth-order valence-corrected chi connectivity index (χ4v) is 9.82. The molecule has 304 valence electrons. The van der Waals surface area contributed by atoms with Crippen LogP contribution in [0, 0.1) is 19.8 Å². The van der Waals surface area contributed by atoms with Crippen LogP contribution in [0.1, 0.15) is 51.8 Å². The molecule has 2 amide bonds. The van der Waals surface area contributed by atoms with Crippen LogP contribution in [0.4, 0.5) is 5.69 Å². The van der Waals surface area contributed by atoms with Crippen LogP contribution in [0.15, 0.2) is 96.3 Å². The van der Waals surface area contributed by atoms with Crippen molar-refractivity contribution in [3.63, 3.8) is 0 Å². The second kappa shape index (κ2) is 16.2. The maximum atomic E-state index is 14.4. The molecule has 0 radical (unpaired) electrons. The minimum Gasteiger partial charge on any atom is -0.388 e. The summed E-state index contributed by atoms with van der Waals surface area (Å²) in [5, 5.41) is 13.0. The molecule has 2 atom stereocenters. The zero-order valence-electron chi connectivity index (χ0n) is 33.4. The highest BCUT2D eigenvalue weighted by Gasteiger charge is 2.42. The van der Waals surface area contributed by atoms with Crippen LogP contribution in [0.2, 0.25) is 0 Å². The summed E-state index contributed by atoms with van der Waals surface area (Å²) in [6, 6.07) is 23.9. The fourth-order valence-electron chi connectivity index (χ4n) is 8.80. The Kier molecular flexibility index (Phi) is 10.6. The molecule has 6 aromatic rings. The van der Waals surface area contributed by atoms with Gasteiger partial charge in [-0.05, 0) is 81.1 Å². The third-order valence-corrected chi connectivity index (χ3v) is 13.4. The van der Waals surface area contributed by atoms with E-state index in [2.05, 4.69) is 27.0 Å². The van der Waals surface area contributed by atoms with Gasteiger partial charge in [-0.1, -0.05) is 30.3 Å². The van der Waals surface area contributed by atoms with Gasteiger partial charge in [0.15, 0.2) is 5.65 Å². The number of pyridine rings is 1. The molecule has 0 saturated carbocycles. The van der Waals surface area contributed by atoms with Gasteiger partial charge in [-0.25, -0.2) is 9.97 Å². The predicted molar refractivity (Wildman–Crippen MR) is 227 cm³/mol. The van der Waals surface area contributed by atoms with Crippen LogP contribution < -0.4 is 10.5 Å². The maximum absolute atomic E-state index is 14.4. The first-order valence-corrected chi connectivity index (χ1v) is 21.2. The number of benzene rings is 2. The van der Waals surface area contributed by atoms with Gasteiger partial charge in [0.25, 0.3) is 11.5 Å². The second-order valence-corrected chi connectivity index (χ2v) is 17.1. The number of likely N-dealkylation sites (tertiary alicyclic amines) is 2. The van der Waals surface area contributed by atoms with E-state index in [1.807, 2.05) is 89.0 Å². The Morgan fingerprint density at radius 1 is 0.881 bits per heavy atom. The van der Waals surface area contributed by atoms with Gasteiger partial charge in [0.05, 0.1) is 36.4 Å². The van der Waals surface area contributed by atoms with E-state index in [9.17, 15) is 19.5 Å². The number of thiazole rings is 1. The summed E-state index contributed by atoms with van der Waals surface area (Å²) in [7, 11) is 0. The van der Waals surface area contributed by atoms with E-state index in [0.717, 1.165) is 59.5 Å². The van der Waals surface area contributed by atoms with Gasteiger partial charge in [-0.3, -0.25) is 23.9 Å². The van der Waals surface area contributed by atoms with E-state index in [0.29, 0.717) is 67.0 Å². The molecule has 1 N–H and O–H groups in total. The molecule has 9 rings (SSSR count). The molecule has 7 heterocycles. The zero-order chi connectivity index (χ0) is 40.7. The number of carbonyl (C=O) groups is 2. The molecule has 2 aromatic carbocycles. The lowest BCUT2D eigenvalue weighted by Gasteiger charge is -2.43. The number of anilines is 1. The van der Waals surface area contributed by atoms with Crippen LogP contribution in [0.3, 0.4) is 0 Å². The second-order valence-electron chi connectivity index (χ2n) is 16.1. The van der Waals surface area contributed by atoms with Crippen molar-refractivity contribution in [3.8, 4) is 16.3 Å². The van der Waals surface area contributed by atoms with Crippen molar-refractivity contribution >= 4 is 39.9 Å². The first-order chi connectivity index (χ1) is 28.6. The first kappa shape index (κ1) is 38.8. The summed E-state index contributed by atoms with van der Waals surface area (Å²) >= 11 is 1.38. The number of ether oxygens (including phenoxy) is 1. The SMILES string of the molecule is Cc1ccc(-c2nc(C)c(C(=O)N3CC[C@@H](C(=O)N4CCC(O)(Cn5cnc6c(ccn6-c6ccc(N7CCOCC7)cc6)c5=O)CC4)[C@H](c4ccccc4)C3)s2)cn1. The van der Waals surface area contributed by atoms with Crippen LogP contribution >= 0.6 is 11.3 Å². The summed E-state index contributed by atoms with van der Waals surface area (Å²) in [4.78, 5) is 62.6. The number of morpholine rings is 1. The maximum Gasteiger partial charge on any atom is 0.265 e. The smallest absolute Gasteiger partial charge is 0.265 e. The molecule has 3 aliphatic heterocycles. The van der Waals surface area contributed by atoms with E-state index < -0.39 is 5.60 Å². The van der Waals surface area contributed by atoms with Crippen molar-refractivity contribution in [2.24, 2.45) is 5.92 Å². The molecule has 3 saturated heterocycles. The summed E-state index contributed by atoms with van der Waals surface area (Å²) in [6.07, 6.45) is 6.35. The molecule has 0 unspecified atom stereocenters. The number of hydrogen-bond donors (Lipinski definition) is 1. The predicted octanol–water partition coefficient (Wildman–Crippen LogP) is 5.46. The average molecular weight is 813 g/mol. The van der Waals surface area contributed by atoms with Crippen LogP contribution in [0.25, 0.3) is 27.3 Å². The number of aliphatic hydroxyl groups is 1. The molecule has 0 spiro atoms. The third-order valence-electron chi connectivity index (χ3n) is 12.2. The molecule has 0 bridgehead atoms. The molecule has 3 fully saturated rings. The standard InChI is InChI=1S/C45H48N8O5S/c1-30-8-9-33(26-46-30)41-48-31(2)39(59-41)44(56)51-18-14-36(38(27-51)32-6-4-3-5-7-32)42(54)50-20-16-45(57,17-21-50)28-52-29-47-40-37(43(52)55)15-19-53(40)35-12-10-34(11-13-35)49-22-24-58-25-23-49/h3-13,15,19,26,29,36,38,57H,14,16-18,20-25,27-28H2,1-2H3/t36-,38+/m1/s1. The van der Waals surface area contributed by atoms with E-state index in [1.165, 1.54) is 22.2 Å². The molecule has 59 heavy (non-hydrogen) atoms. The number of hydrogen-bond acceptors (Lipinski definition) is 10. The molecule has 14 heteroatoms. The van der Waals surface area contributed by atoms with E-state index in [1.54, 1.807) is 12.3 Å². The Morgan fingerprint density at radius 2 is 1.63 bits per heavy atom. The lowest BCUT2D eigenvalue weighted by molar-refractivity contribution is -0.142. The number of carbonyl (C=O) groups excluding carboxylic acids is 2. The van der Waals surface area contributed by atoms with Crippen molar-refractivity contribution in [3.05, 3.63) is 124 Å². The number of fused-ring (bicyclic) bond motifs is 1. The van der Waals surface area contributed by atoms with Crippen LogP contribution in [-0.2, 0) is 16.1 Å². The summed E-state index contributed by atoms with van der Waals surface area (Å²) in [5.41, 5.74) is 4.71. The zero-order valence-corrected chi connectivity index (χ0v) is 34.2. The highest BCUT2D eigenvalue weighted by molar-refractivity contribution is 7.17. The monoisotopic (exact) mass is 812 g/mol. The number of aryl methyl sites for hydroxylation is 2. The number of aromatic nitrogens is 5. The summed E-state index contributed by atoms with van der Waals surface area (Å²) in [5.74, 6) is -0.546. The van der Waals surface area contributed by atoms with Crippen molar-refractivity contribution in [1.29, 1.82) is 0 Å². The van der Waals surface area contributed by atoms with Crippen LogP contribution in [0.5, 0.6) is 0 Å². The number of rotatable bonds is 8. The van der Waals surface area contributed by atoms with Gasteiger partial charge < -0.3 is 29.1 Å². The van der Waals surface area contributed by atoms with E-state index in [4.69, 9.17) is 9.72 Å². The van der Waals surface area contributed by atoms with Gasteiger partial charge in [0, 0.05) is 86.1 Å². The molecule has 4 aromatic heterocycles. The van der Waals surface area contributed by atoms with Crippen molar-refractivity contribution in [1.82, 2.24) is 33.9 Å². The quantitative estimate of drug-likeness (QED) is 0.213. The average Bonchev–Trinajstić information content (AvgIpc) is 3.89. The lowest BCUT2D eigenvalue weighted by atomic mass is 9.79. The largest absolute Gasteiger partial charge is 0.388 e. The summed E-state index contributed by atoms with van der Waals surface area (Å²) < 4.78 is 8.89. The summed E-state index contributed by atoms with van der Waals surface area (Å²) in [6.45, 7) is 8.64. The molecular weight excluding hydrogens is 765 g/mol. The number of amides is 2. The van der Waals surface area contributed by atoms with Crippen LogP contribution in [-0.4, -0.2) is 109 Å². The lowest BCUT2D eigenvalue weighted by Crippen LogP contribution is -2.53.